The van der Waals surface area contributed by atoms with Gasteiger partial charge >= 0.3 is 11.9 Å². The molecule has 1 aromatic rings. The van der Waals surface area contributed by atoms with Crippen LogP contribution < -0.4 is 25.8 Å². The fourth-order valence-corrected chi connectivity index (χ4v) is 9.04. The molecule has 1 saturated carbocycles. The van der Waals surface area contributed by atoms with Crippen molar-refractivity contribution in [2.24, 2.45) is 11.1 Å². The number of hydrogen-bond donors (Lipinski definition) is 6. The van der Waals surface area contributed by atoms with E-state index in [4.69, 9.17) is 21.5 Å². The van der Waals surface area contributed by atoms with Crippen molar-refractivity contribution < 1.29 is 45.9 Å². The Balaban J connectivity index is 1.32. The zero-order chi connectivity index (χ0) is 34.7. The van der Waals surface area contributed by atoms with Gasteiger partial charge in [0.1, 0.15) is 21.9 Å². The Morgan fingerprint density at radius 1 is 1.21 bits per heavy atom. The number of fused-ring (bicyclic) bond motifs is 2. The topological polar surface area (TPSA) is 243 Å². The molecule has 19 heteroatoms. The van der Waals surface area contributed by atoms with Gasteiger partial charge in [0, 0.05) is 12.6 Å². The standard InChI is InChI=1S/C28H41ClN6O10S2/c1-3-45-28(40)18(32-15(2)26(37)35-20-9-5-4-7-16(20)11-21(35)27(38)39)8-6-10-31-25(36)14-24-33-19-12-17(29)22(46(30,41)42)13-23(19)47(43,44)34-24/h12-13,15-16,18,20-21,24,32-34H,3-11,14H2,1-2H3,(H,31,36)(H,38,39)(H2,30,41,42)/t15?,16-,18+,20-,21+,24+/m1/s1. The normalized spacial score (nSPS) is 24.6. The van der Waals surface area contributed by atoms with Crippen molar-refractivity contribution in [3.63, 3.8) is 0 Å². The Bertz CT molecular complexity index is 1610. The van der Waals surface area contributed by atoms with Crippen LogP contribution in [0.15, 0.2) is 21.9 Å². The molecule has 2 amide bonds. The van der Waals surface area contributed by atoms with Gasteiger partial charge in [-0.05, 0) is 64.0 Å². The molecule has 0 radical (unpaired) electrons. The molecule has 4 rings (SSSR count). The van der Waals surface area contributed by atoms with E-state index in [2.05, 4.69) is 20.7 Å². The molecule has 1 aromatic carbocycles. The highest BCUT2D eigenvalue weighted by atomic mass is 35.5. The van der Waals surface area contributed by atoms with E-state index in [9.17, 15) is 41.1 Å². The van der Waals surface area contributed by atoms with Crippen molar-refractivity contribution >= 4 is 61.1 Å². The number of anilines is 1. The number of nitrogens with zero attached hydrogens (tertiary/aromatic N) is 1. The van der Waals surface area contributed by atoms with Gasteiger partial charge in [-0.25, -0.2) is 26.8 Å². The molecule has 1 aliphatic carbocycles. The minimum absolute atomic E-state index is 0.00594. The van der Waals surface area contributed by atoms with E-state index in [-0.39, 0.29) is 61.0 Å². The summed E-state index contributed by atoms with van der Waals surface area (Å²) in [5.41, 5.74) is -0.00594. The number of aliphatic carboxylic acids is 1. The molecule has 0 aromatic heterocycles. The van der Waals surface area contributed by atoms with Gasteiger partial charge in [0.05, 0.1) is 35.9 Å². The number of amides is 2. The number of carbonyl (C=O) groups excluding carboxylic acids is 3. The minimum Gasteiger partial charge on any atom is -0.480 e. The number of nitrogens with two attached hydrogens (primary N) is 1. The molecule has 262 valence electrons. The van der Waals surface area contributed by atoms with E-state index in [0.717, 1.165) is 37.8 Å². The number of ether oxygens (including phenoxy) is 1. The molecule has 0 spiro atoms. The third-order valence-electron chi connectivity index (χ3n) is 8.66. The van der Waals surface area contributed by atoms with Crippen molar-refractivity contribution in [3.05, 3.63) is 17.2 Å². The zero-order valence-corrected chi connectivity index (χ0v) is 28.4. The predicted octanol–water partition coefficient (Wildman–Crippen LogP) is 0.458. The van der Waals surface area contributed by atoms with E-state index in [1.807, 2.05) is 0 Å². The van der Waals surface area contributed by atoms with Gasteiger partial charge in [-0.2, -0.15) is 4.72 Å². The molecule has 6 atom stereocenters. The Labute approximate surface area is 278 Å². The van der Waals surface area contributed by atoms with Crippen LogP contribution in [-0.2, 0) is 44.0 Å². The summed E-state index contributed by atoms with van der Waals surface area (Å²) in [6, 6.07) is -0.898. The molecular formula is C28H41ClN6O10S2. The van der Waals surface area contributed by atoms with Crippen molar-refractivity contribution in [2.75, 3.05) is 18.5 Å². The Morgan fingerprint density at radius 3 is 2.57 bits per heavy atom. The monoisotopic (exact) mass is 720 g/mol. The molecule has 2 fully saturated rings. The number of halogens is 1. The lowest BCUT2D eigenvalue weighted by Gasteiger charge is -2.35. The molecule has 2 aliphatic heterocycles. The van der Waals surface area contributed by atoms with Crippen LogP contribution in [0.3, 0.4) is 0 Å². The van der Waals surface area contributed by atoms with Crippen molar-refractivity contribution in [3.8, 4) is 0 Å². The molecule has 7 N–H and O–H groups in total. The number of esters is 1. The van der Waals surface area contributed by atoms with E-state index in [1.165, 1.54) is 4.90 Å². The lowest BCUT2D eigenvalue weighted by molar-refractivity contribution is -0.152. The summed E-state index contributed by atoms with van der Waals surface area (Å²) < 4.78 is 56.5. The maximum Gasteiger partial charge on any atom is 0.326 e. The third kappa shape index (κ3) is 8.72. The average Bonchev–Trinajstić information content (AvgIpc) is 3.37. The number of carbonyl (C=O) groups is 4. The number of primary sulfonamides is 1. The summed E-state index contributed by atoms with van der Waals surface area (Å²) >= 11 is 6.00. The number of carboxylic acid groups (broad SMARTS) is 1. The van der Waals surface area contributed by atoms with Crippen LogP contribution in [0.5, 0.6) is 0 Å². The van der Waals surface area contributed by atoms with Crippen LogP contribution in [0.4, 0.5) is 5.69 Å². The SMILES string of the molecule is CCOC(=O)[C@H](CCCNC(=O)C[C@H]1Nc2cc(Cl)c(S(N)(=O)=O)cc2S(=O)(=O)N1)NC(C)C(=O)N1[C@@H]2CCCC[C@@H]2C[C@H]1C(=O)O. The first kappa shape index (κ1) is 36.8. The summed E-state index contributed by atoms with van der Waals surface area (Å²) in [5.74, 6) is -2.41. The number of benzene rings is 1. The van der Waals surface area contributed by atoms with Crippen molar-refractivity contribution in [1.82, 2.24) is 20.3 Å². The molecule has 2 heterocycles. The number of rotatable bonds is 13. The van der Waals surface area contributed by atoms with Gasteiger partial charge in [-0.15, -0.1) is 0 Å². The quantitative estimate of drug-likeness (QED) is 0.120. The fourth-order valence-electron chi connectivity index (χ4n) is 6.55. The third-order valence-corrected chi connectivity index (χ3v) is 11.5. The summed E-state index contributed by atoms with van der Waals surface area (Å²) in [6.45, 7) is 3.45. The van der Waals surface area contributed by atoms with Gasteiger partial charge in [-0.1, -0.05) is 24.4 Å². The zero-order valence-electron chi connectivity index (χ0n) is 26.0. The van der Waals surface area contributed by atoms with Crippen molar-refractivity contribution in [2.45, 2.75) is 105 Å². The molecule has 16 nitrogen and oxygen atoms in total. The van der Waals surface area contributed by atoms with Gasteiger partial charge in [0.25, 0.3) is 0 Å². The van der Waals surface area contributed by atoms with Gasteiger partial charge in [0.2, 0.25) is 31.9 Å². The van der Waals surface area contributed by atoms with E-state index in [1.54, 1.807) is 13.8 Å². The van der Waals surface area contributed by atoms with Crippen LogP contribution >= 0.6 is 11.6 Å². The maximum absolute atomic E-state index is 13.5. The number of nitrogens with one attached hydrogen (secondary N) is 4. The van der Waals surface area contributed by atoms with Gasteiger partial charge < -0.3 is 25.4 Å². The molecule has 3 aliphatic rings. The molecular weight excluding hydrogens is 680 g/mol. The molecule has 0 bridgehead atoms. The van der Waals surface area contributed by atoms with Gasteiger partial charge in [0.15, 0.2) is 0 Å². The summed E-state index contributed by atoms with van der Waals surface area (Å²) in [5, 5.41) is 23.1. The minimum atomic E-state index is -4.29. The lowest BCUT2D eigenvalue weighted by atomic mass is 9.84. The maximum atomic E-state index is 13.5. The molecule has 1 saturated heterocycles. The van der Waals surface area contributed by atoms with E-state index < -0.39 is 72.0 Å². The first-order chi connectivity index (χ1) is 22.0. The highest BCUT2D eigenvalue weighted by Gasteiger charge is 2.48. The van der Waals surface area contributed by atoms with Crippen LogP contribution in [0, 0.1) is 5.92 Å². The lowest BCUT2D eigenvalue weighted by Crippen LogP contribution is -2.55. The Morgan fingerprint density at radius 2 is 1.91 bits per heavy atom. The smallest absolute Gasteiger partial charge is 0.326 e. The van der Waals surface area contributed by atoms with E-state index in [0.29, 0.717) is 6.42 Å². The number of carboxylic acids is 1. The second kappa shape index (κ2) is 15.0. The van der Waals surface area contributed by atoms with Crippen LogP contribution in [-0.4, -0.2) is 94.1 Å². The van der Waals surface area contributed by atoms with Crippen LogP contribution in [0.25, 0.3) is 0 Å². The Kier molecular flexibility index (Phi) is 11.8. The summed E-state index contributed by atoms with van der Waals surface area (Å²) in [6.07, 6.45) is 3.01. The highest BCUT2D eigenvalue weighted by Crippen LogP contribution is 2.40. The molecule has 1 unspecified atom stereocenters. The highest BCUT2D eigenvalue weighted by molar-refractivity contribution is 7.90. The van der Waals surface area contributed by atoms with Crippen LogP contribution in [0.1, 0.15) is 65.2 Å². The Hall–Kier alpha value is -3.03. The number of likely N-dealkylation sites (tertiary alicyclic amines) is 1. The fraction of sp³-hybridized carbons (Fsp3) is 0.643. The number of hydrogen-bond acceptors (Lipinski definition) is 11. The predicted molar refractivity (Wildman–Crippen MR) is 169 cm³/mol. The van der Waals surface area contributed by atoms with E-state index >= 15 is 0 Å². The second-order valence-corrected chi connectivity index (χ2v) is 15.6. The summed E-state index contributed by atoms with van der Waals surface area (Å²) in [4.78, 5) is 51.5. The largest absolute Gasteiger partial charge is 0.480 e. The average molecular weight is 721 g/mol. The second-order valence-electron chi connectivity index (χ2n) is 12.0. The number of sulfonamides is 2. The first-order valence-electron chi connectivity index (χ1n) is 15.4. The molecule has 47 heavy (non-hydrogen) atoms. The first-order valence-corrected chi connectivity index (χ1v) is 18.8. The van der Waals surface area contributed by atoms with Crippen molar-refractivity contribution in [1.29, 1.82) is 0 Å². The van der Waals surface area contributed by atoms with Gasteiger partial charge in [-0.3, -0.25) is 19.7 Å². The van der Waals surface area contributed by atoms with Crippen LogP contribution in [0.2, 0.25) is 5.02 Å². The summed E-state index contributed by atoms with van der Waals surface area (Å²) in [7, 11) is -8.51.